The number of aliphatic imine (C=N–C) groups is 1. The molecule has 0 bridgehead atoms. The van der Waals surface area contributed by atoms with E-state index in [-0.39, 0.29) is 35.2 Å². The van der Waals surface area contributed by atoms with E-state index in [0.29, 0.717) is 0 Å². The van der Waals surface area contributed by atoms with Crippen LogP contribution in [0, 0.1) is 5.82 Å². The molecular formula is C17H28FIN4. The van der Waals surface area contributed by atoms with Crippen molar-refractivity contribution in [2.24, 2.45) is 4.99 Å². The Morgan fingerprint density at radius 3 is 2.57 bits per heavy atom. The van der Waals surface area contributed by atoms with Crippen molar-refractivity contribution in [2.75, 3.05) is 40.3 Å². The molecule has 0 radical (unpaired) electrons. The predicted octanol–water partition coefficient (Wildman–Crippen LogP) is 2.59. The van der Waals surface area contributed by atoms with Crippen molar-refractivity contribution < 1.29 is 4.39 Å². The molecule has 130 valence electrons. The third kappa shape index (κ3) is 5.60. The largest absolute Gasteiger partial charge is 0.356 e. The number of benzene rings is 1. The zero-order valence-corrected chi connectivity index (χ0v) is 16.6. The molecule has 2 N–H and O–H groups in total. The first-order chi connectivity index (χ1) is 10.6. The maximum atomic E-state index is 14.0. The molecule has 0 unspecified atom stereocenters. The van der Waals surface area contributed by atoms with E-state index >= 15 is 0 Å². The zero-order chi connectivity index (χ0) is 16.0. The van der Waals surface area contributed by atoms with Gasteiger partial charge in [-0.15, -0.1) is 24.0 Å². The molecule has 0 spiro atoms. The number of likely N-dealkylation sites (N-methyl/N-ethyl adjacent to an activating group) is 1. The van der Waals surface area contributed by atoms with E-state index < -0.39 is 0 Å². The van der Waals surface area contributed by atoms with Crippen molar-refractivity contribution in [3.05, 3.63) is 35.6 Å². The molecule has 0 saturated heterocycles. The molecule has 4 nitrogen and oxygen atoms in total. The number of nitrogens with zero attached hydrogens (tertiary/aromatic N) is 2. The van der Waals surface area contributed by atoms with Crippen molar-refractivity contribution in [3.63, 3.8) is 0 Å². The lowest BCUT2D eigenvalue weighted by atomic mass is 9.95. The van der Waals surface area contributed by atoms with E-state index in [1.807, 2.05) is 12.1 Å². The Morgan fingerprint density at radius 2 is 2.00 bits per heavy atom. The van der Waals surface area contributed by atoms with Crippen LogP contribution in [0.1, 0.15) is 25.3 Å². The Hall–Kier alpha value is -0.890. The van der Waals surface area contributed by atoms with Gasteiger partial charge in [-0.2, -0.15) is 0 Å². The second-order valence-corrected chi connectivity index (χ2v) is 6.01. The summed E-state index contributed by atoms with van der Waals surface area (Å²) in [4.78, 5) is 6.48. The average Bonchev–Trinajstić information content (AvgIpc) is 3.31. The summed E-state index contributed by atoms with van der Waals surface area (Å²) in [6, 6.07) is 7.10. The number of nitrogens with one attached hydrogen (secondary N) is 2. The first-order valence-electron chi connectivity index (χ1n) is 7.99. The Bertz CT molecular complexity index is 517. The number of guanidine groups is 1. The second-order valence-electron chi connectivity index (χ2n) is 6.01. The third-order valence-electron chi connectivity index (χ3n) is 4.44. The van der Waals surface area contributed by atoms with Gasteiger partial charge in [-0.3, -0.25) is 4.99 Å². The van der Waals surface area contributed by atoms with E-state index in [4.69, 9.17) is 0 Å². The highest BCUT2D eigenvalue weighted by Crippen LogP contribution is 2.48. The topological polar surface area (TPSA) is 39.7 Å². The lowest BCUT2D eigenvalue weighted by Crippen LogP contribution is -2.43. The van der Waals surface area contributed by atoms with E-state index in [2.05, 4.69) is 34.5 Å². The number of hydrogen-bond donors (Lipinski definition) is 2. The molecule has 2 rings (SSSR count). The van der Waals surface area contributed by atoms with Crippen molar-refractivity contribution in [1.29, 1.82) is 0 Å². The van der Waals surface area contributed by atoms with E-state index in [1.54, 1.807) is 19.2 Å². The minimum atomic E-state index is -0.102. The smallest absolute Gasteiger partial charge is 0.191 e. The number of hydrogen-bond acceptors (Lipinski definition) is 2. The van der Waals surface area contributed by atoms with Crippen LogP contribution in [0.15, 0.2) is 29.3 Å². The van der Waals surface area contributed by atoms with Crippen molar-refractivity contribution in [2.45, 2.75) is 25.2 Å². The average molecular weight is 434 g/mol. The lowest BCUT2D eigenvalue weighted by Gasteiger charge is -2.20. The van der Waals surface area contributed by atoms with Gasteiger partial charge in [-0.05, 0) is 38.1 Å². The van der Waals surface area contributed by atoms with Crippen LogP contribution < -0.4 is 10.6 Å². The van der Waals surface area contributed by atoms with E-state index in [9.17, 15) is 4.39 Å². The van der Waals surface area contributed by atoms with Gasteiger partial charge in [0, 0.05) is 32.1 Å². The summed E-state index contributed by atoms with van der Waals surface area (Å²) in [7, 11) is 3.86. The van der Waals surface area contributed by atoms with Gasteiger partial charge in [-0.25, -0.2) is 4.39 Å². The van der Waals surface area contributed by atoms with Gasteiger partial charge in [0.15, 0.2) is 5.96 Å². The highest BCUT2D eigenvalue weighted by molar-refractivity contribution is 14.0. The van der Waals surface area contributed by atoms with Crippen molar-refractivity contribution in [3.8, 4) is 0 Å². The Kier molecular flexibility index (Phi) is 8.25. The molecule has 1 fully saturated rings. The van der Waals surface area contributed by atoms with E-state index in [1.165, 1.54) is 0 Å². The zero-order valence-electron chi connectivity index (χ0n) is 14.2. The van der Waals surface area contributed by atoms with Crippen LogP contribution in [-0.4, -0.2) is 51.1 Å². The summed E-state index contributed by atoms with van der Waals surface area (Å²) in [5.74, 6) is 0.682. The van der Waals surface area contributed by atoms with Gasteiger partial charge < -0.3 is 15.5 Å². The normalized spacial score (nSPS) is 16.0. The van der Waals surface area contributed by atoms with Crippen LogP contribution >= 0.6 is 24.0 Å². The molecule has 1 aromatic rings. The SMILES string of the molecule is CCN(C)CCNC(=NC)NCC1(c2ccccc2F)CC1.I. The summed E-state index contributed by atoms with van der Waals surface area (Å²) in [5, 5.41) is 6.65. The molecule has 0 amide bonds. The Labute approximate surface area is 156 Å². The van der Waals surface area contributed by atoms with Crippen molar-refractivity contribution >= 4 is 29.9 Å². The minimum absolute atomic E-state index is 0. The van der Waals surface area contributed by atoms with E-state index in [0.717, 1.165) is 50.5 Å². The van der Waals surface area contributed by atoms with Gasteiger partial charge in [0.1, 0.15) is 5.82 Å². The summed E-state index contributed by atoms with van der Waals surface area (Å²) in [5.41, 5.74) is 0.757. The molecular weight excluding hydrogens is 406 g/mol. The fourth-order valence-electron chi connectivity index (χ4n) is 2.58. The van der Waals surface area contributed by atoms with Crippen LogP contribution in [0.25, 0.3) is 0 Å². The molecule has 6 heteroatoms. The molecule has 1 aliphatic rings. The van der Waals surface area contributed by atoms with Crippen LogP contribution in [0.5, 0.6) is 0 Å². The number of halogens is 2. The first kappa shape index (κ1) is 20.2. The molecule has 1 aliphatic carbocycles. The lowest BCUT2D eigenvalue weighted by molar-refractivity contribution is 0.357. The van der Waals surface area contributed by atoms with Crippen LogP contribution in [0.2, 0.25) is 0 Å². The summed E-state index contributed by atoms with van der Waals surface area (Å²) in [6.07, 6.45) is 2.05. The molecule has 0 atom stereocenters. The van der Waals surface area contributed by atoms with Crippen LogP contribution in [-0.2, 0) is 5.41 Å². The van der Waals surface area contributed by atoms with Gasteiger partial charge in [0.2, 0.25) is 0 Å². The van der Waals surface area contributed by atoms with Gasteiger partial charge in [-0.1, -0.05) is 25.1 Å². The Balaban J connectivity index is 0.00000264. The maximum Gasteiger partial charge on any atom is 0.191 e. The highest BCUT2D eigenvalue weighted by atomic mass is 127. The maximum absolute atomic E-state index is 14.0. The minimum Gasteiger partial charge on any atom is -0.356 e. The molecule has 23 heavy (non-hydrogen) atoms. The van der Waals surface area contributed by atoms with Crippen LogP contribution in [0.4, 0.5) is 4.39 Å². The van der Waals surface area contributed by atoms with Gasteiger partial charge >= 0.3 is 0 Å². The standard InChI is InChI=1S/C17H27FN4.HI/c1-4-22(3)12-11-20-16(19-2)21-13-17(9-10-17)14-7-5-6-8-15(14)18;/h5-8H,4,9-13H2,1-3H3,(H2,19,20,21);1H. The first-order valence-corrected chi connectivity index (χ1v) is 7.99. The highest BCUT2D eigenvalue weighted by Gasteiger charge is 2.45. The monoisotopic (exact) mass is 434 g/mol. The second kappa shape index (κ2) is 9.42. The van der Waals surface area contributed by atoms with Gasteiger partial charge in [0.05, 0.1) is 0 Å². The molecule has 0 aromatic heterocycles. The predicted molar refractivity (Wildman–Crippen MR) is 105 cm³/mol. The summed E-state index contributed by atoms with van der Waals surface area (Å²) < 4.78 is 14.0. The van der Waals surface area contributed by atoms with Crippen LogP contribution in [0.3, 0.4) is 0 Å². The molecule has 0 heterocycles. The number of rotatable bonds is 7. The molecule has 1 aromatic carbocycles. The molecule has 1 saturated carbocycles. The summed E-state index contributed by atoms with van der Waals surface area (Å²) >= 11 is 0. The fraction of sp³-hybridized carbons (Fsp3) is 0.588. The van der Waals surface area contributed by atoms with Gasteiger partial charge in [0.25, 0.3) is 0 Å². The quantitative estimate of drug-likeness (QED) is 0.394. The Morgan fingerprint density at radius 1 is 1.30 bits per heavy atom. The fourth-order valence-corrected chi connectivity index (χ4v) is 2.58. The third-order valence-corrected chi connectivity index (χ3v) is 4.44. The van der Waals surface area contributed by atoms with Crippen molar-refractivity contribution in [1.82, 2.24) is 15.5 Å². The molecule has 0 aliphatic heterocycles. The summed E-state index contributed by atoms with van der Waals surface area (Å²) in [6.45, 7) is 5.70.